The number of nitrogens with zero attached hydrogens (tertiary/aromatic N) is 1. The lowest BCUT2D eigenvalue weighted by atomic mass is 9.94. The lowest BCUT2D eigenvalue weighted by Gasteiger charge is -2.28. The summed E-state index contributed by atoms with van der Waals surface area (Å²) in [6, 6.07) is 3.33. The van der Waals surface area contributed by atoms with Gasteiger partial charge in [-0.3, -0.25) is 0 Å². The third-order valence-electron chi connectivity index (χ3n) is 2.74. The SMILES string of the molecule is COc1cc(C(C)(C=O)NC(=O)OC(C)(C)C)cc(C)n1. The highest BCUT2D eigenvalue weighted by Gasteiger charge is 2.31. The van der Waals surface area contributed by atoms with Gasteiger partial charge < -0.3 is 19.6 Å². The predicted molar refractivity (Wildman–Crippen MR) is 78.3 cm³/mol. The highest BCUT2D eigenvalue weighted by molar-refractivity contribution is 5.78. The van der Waals surface area contributed by atoms with E-state index in [1.165, 1.54) is 7.11 Å². The minimum Gasteiger partial charge on any atom is -0.481 e. The van der Waals surface area contributed by atoms with Crippen LogP contribution in [0.3, 0.4) is 0 Å². The van der Waals surface area contributed by atoms with E-state index < -0.39 is 17.2 Å². The van der Waals surface area contributed by atoms with E-state index in [9.17, 15) is 9.59 Å². The Labute approximate surface area is 124 Å². The Kier molecular flexibility index (Phi) is 4.93. The number of pyridine rings is 1. The zero-order valence-electron chi connectivity index (χ0n) is 13.3. The molecular formula is C15H22N2O4. The first-order valence-electron chi connectivity index (χ1n) is 6.60. The highest BCUT2D eigenvalue weighted by atomic mass is 16.6. The second kappa shape index (κ2) is 6.11. The second-order valence-electron chi connectivity index (χ2n) is 5.99. The Hall–Kier alpha value is -2.11. The molecule has 1 amide bonds. The van der Waals surface area contributed by atoms with Crippen molar-refractivity contribution >= 4 is 12.4 Å². The first kappa shape index (κ1) is 16.9. The third kappa shape index (κ3) is 4.73. The maximum Gasteiger partial charge on any atom is 0.408 e. The van der Waals surface area contributed by atoms with Gasteiger partial charge in [0.05, 0.1) is 7.11 Å². The molecule has 0 spiro atoms. The summed E-state index contributed by atoms with van der Waals surface area (Å²) >= 11 is 0. The summed E-state index contributed by atoms with van der Waals surface area (Å²) in [6.45, 7) is 8.64. The van der Waals surface area contributed by atoms with Crippen LogP contribution in [-0.2, 0) is 15.1 Å². The Bertz CT molecular complexity index is 537. The summed E-state index contributed by atoms with van der Waals surface area (Å²) in [7, 11) is 1.49. The van der Waals surface area contributed by atoms with Crippen LogP contribution in [-0.4, -0.2) is 30.1 Å². The summed E-state index contributed by atoms with van der Waals surface area (Å²) in [4.78, 5) is 27.6. The van der Waals surface area contributed by atoms with Gasteiger partial charge in [0.25, 0.3) is 0 Å². The van der Waals surface area contributed by atoms with Gasteiger partial charge in [0.2, 0.25) is 5.88 Å². The van der Waals surface area contributed by atoms with Crippen LogP contribution in [0.1, 0.15) is 39.0 Å². The molecular weight excluding hydrogens is 272 g/mol. The summed E-state index contributed by atoms with van der Waals surface area (Å²) in [5.74, 6) is 0.379. The maximum absolute atomic E-state index is 11.9. The zero-order chi connectivity index (χ0) is 16.3. The molecule has 0 saturated heterocycles. The first-order valence-corrected chi connectivity index (χ1v) is 6.60. The lowest BCUT2D eigenvalue weighted by molar-refractivity contribution is -0.113. The van der Waals surface area contributed by atoms with Crippen LogP contribution in [0.15, 0.2) is 12.1 Å². The fraction of sp³-hybridized carbons (Fsp3) is 0.533. The van der Waals surface area contributed by atoms with Crippen LogP contribution in [0.25, 0.3) is 0 Å². The van der Waals surface area contributed by atoms with Crippen molar-refractivity contribution in [3.8, 4) is 5.88 Å². The number of aromatic nitrogens is 1. The minimum atomic E-state index is -1.22. The normalized spacial score (nSPS) is 14.0. The topological polar surface area (TPSA) is 77.5 Å². The zero-order valence-corrected chi connectivity index (χ0v) is 13.3. The van der Waals surface area contributed by atoms with Gasteiger partial charge in [-0.05, 0) is 46.2 Å². The predicted octanol–water partition coefficient (Wildman–Crippen LogP) is 2.34. The monoisotopic (exact) mass is 294 g/mol. The van der Waals surface area contributed by atoms with Crippen molar-refractivity contribution in [2.75, 3.05) is 7.11 Å². The Morgan fingerprint density at radius 1 is 1.29 bits per heavy atom. The van der Waals surface area contributed by atoms with Crippen molar-refractivity contribution in [3.63, 3.8) is 0 Å². The molecule has 21 heavy (non-hydrogen) atoms. The van der Waals surface area contributed by atoms with E-state index in [4.69, 9.17) is 9.47 Å². The Morgan fingerprint density at radius 3 is 2.38 bits per heavy atom. The van der Waals surface area contributed by atoms with E-state index in [1.807, 2.05) is 0 Å². The fourth-order valence-corrected chi connectivity index (χ4v) is 1.73. The maximum atomic E-state index is 11.9. The van der Waals surface area contributed by atoms with Gasteiger partial charge in [-0.15, -0.1) is 0 Å². The van der Waals surface area contributed by atoms with E-state index in [-0.39, 0.29) is 0 Å². The fourth-order valence-electron chi connectivity index (χ4n) is 1.73. The molecule has 0 bridgehead atoms. The number of hydrogen-bond acceptors (Lipinski definition) is 5. The molecule has 1 aromatic heterocycles. The smallest absolute Gasteiger partial charge is 0.408 e. The first-order chi connectivity index (χ1) is 9.59. The molecule has 1 rings (SSSR count). The standard InChI is InChI=1S/C15H22N2O4/c1-10-7-11(8-12(16-10)20-6)15(5,9-18)17-13(19)21-14(2,3)4/h7-9H,1-6H3,(H,17,19). The van der Waals surface area contributed by atoms with Crippen molar-refractivity contribution in [3.05, 3.63) is 23.4 Å². The Balaban J connectivity index is 3.07. The molecule has 1 N–H and O–H groups in total. The third-order valence-corrected chi connectivity index (χ3v) is 2.74. The number of methoxy groups -OCH3 is 1. The van der Waals surface area contributed by atoms with Crippen molar-refractivity contribution in [1.82, 2.24) is 10.3 Å². The van der Waals surface area contributed by atoms with Crippen molar-refractivity contribution in [2.45, 2.75) is 45.8 Å². The van der Waals surface area contributed by atoms with Gasteiger partial charge in [-0.2, -0.15) is 0 Å². The van der Waals surface area contributed by atoms with Crippen molar-refractivity contribution < 1.29 is 19.1 Å². The summed E-state index contributed by atoms with van der Waals surface area (Å²) in [5.41, 5.74) is -0.598. The quantitative estimate of drug-likeness (QED) is 0.862. The molecule has 1 atom stereocenters. The number of amides is 1. The number of carbonyl (C=O) groups excluding carboxylic acids is 2. The largest absolute Gasteiger partial charge is 0.481 e. The average molecular weight is 294 g/mol. The van der Waals surface area contributed by atoms with Crippen LogP contribution >= 0.6 is 0 Å². The number of alkyl carbamates (subject to hydrolysis) is 1. The van der Waals surface area contributed by atoms with Crippen LogP contribution in [0, 0.1) is 6.92 Å². The highest BCUT2D eigenvalue weighted by Crippen LogP contribution is 2.23. The van der Waals surface area contributed by atoms with Crippen molar-refractivity contribution in [1.29, 1.82) is 0 Å². The van der Waals surface area contributed by atoms with Gasteiger partial charge in [0.15, 0.2) is 0 Å². The molecule has 0 radical (unpaired) electrons. The Morgan fingerprint density at radius 2 is 1.90 bits per heavy atom. The molecule has 6 heteroatoms. The molecule has 0 aliphatic rings. The molecule has 1 heterocycles. The van der Waals surface area contributed by atoms with E-state index in [0.717, 1.165) is 0 Å². The van der Waals surface area contributed by atoms with E-state index in [1.54, 1.807) is 46.8 Å². The number of aryl methyl sites for hydroxylation is 1. The second-order valence-corrected chi connectivity index (χ2v) is 5.99. The van der Waals surface area contributed by atoms with Crippen LogP contribution in [0.5, 0.6) is 5.88 Å². The number of aldehydes is 1. The van der Waals surface area contributed by atoms with Gasteiger partial charge >= 0.3 is 6.09 Å². The number of ether oxygens (including phenoxy) is 2. The molecule has 0 aliphatic heterocycles. The van der Waals surface area contributed by atoms with Gasteiger partial charge in [-0.1, -0.05) is 0 Å². The number of hydrogen-bond donors (Lipinski definition) is 1. The van der Waals surface area contributed by atoms with E-state index in [0.29, 0.717) is 23.4 Å². The molecule has 1 aromatic rings. The molecule has 0 saturated carbocycles. The molecule has 6 nitrogen and oxygen atoms in total. The molecule has 0 fully saturated rings. The lowest BCUT2D eigenvalue weighted by Crippen LogP contribution is -2.47. The van der Waals surface area contributed by atoms with Crippen molar-refractivity contribution in [2.24, 2.45) is 0 Å². The van der Waals surface area contributed by atoms with E-state index in [2.05, 4.69) is 10.3 Å². The van der Waals surface area contributed by atoms with Gasteiger partial charge in [0.1, 0.15) is 17.4 Å². The molecule has 0 aromatic carbocycles. The van der Waals surface area contributed by atoms with Gasteiger partial charge in [-0.25, -0.2) is 9.78 Å². The number of carbonyl (C=O) groups is 2. The molecule has 116 valence electrons. The minimum absolute atomic E-state index is 0.379. The van der Waals surface area contributed by atoms with E-state index >= 15 is 0 Å². The summed E-state index contributed by atoms with van der Waals surface area (Å²) in [5, 5.41) is 2.58. The van der Waals surface area contributed by atoms with Crippen LogP contribution in [0.4, 0.5) is 4.79 Å². The van der Waals surface area contributed by atoms with Gasteiger partial charge in [0, 0.05) is 11.8 Å². The average Bonchev–Trinajstić information content (AvgIpc) is 2.35. The molecule has 0 aliphatic carbocycles. The van der Waals surface area contributed by atoms with Crippen LogP contribution < -0.4 is 10.1 Å². The van der Waals surface area contributed by atoms with Crippen LogP contribution in [0.2, 0.25) is 0 Å². The summed E-state index contributed by atoms with van der Waals surface area (Å²) < 4.78 is 10.3. The number of rotatable bonds is 4. The summed E-state index contributed by atoms with van der Waals surface area (Å²) in [6.07, 6.45) is -0.00367. The number of nitrogens with one attached hydrogen (secondary N) is 1. The molecule has 1 unspecified atom stereocenters.